The smallest absolute Gasteiger partial charge is 0.223 e. The molecule has 0 aromatic rings. The molecule has 1 amide bonds. The van der Waals surface area contributed by atoms with Crippen LogP contribution in [-0.2, 0) is 78.4 Å². The third-order valence-electron chi connectivity index (χ3n) is 12.1. The lowest BCUT2D eigenvalue weighted by molar-refractivity contribution is -0.123. The van der Waals surface area contributed by atoms with E-state index in [0.717, 1.165) is 50.4 Å². The molecule has 0 bridgehead atoms. The Kier molecular flexibility index (Phi) is 78.6. The Morgan fingerprint density at radius 1 is 0.318 bits per heavy atom. The maximum atomic E-state index is 11.4. The second-order valence-corrected chi connectivity index (χ2v) is 50.9. The van der Waals surface area contributed by atoms with Crippen LogP contribution in [0.3, 0.4) is 0 Å². The third kappa shape index (κ3) is 123. The molecule has 107 heavy (non-hydrogen) atoms. The van der Waals surface area contributed by atoms with Crippen LogP contribution in [0.25, 0.3) is 0 Å². The molecular weight excluding hydrogens is 1500 g/mol. The molecule has 0 aliphatic heterocycles. The van der Waals surface area contributed by atoms with Crippen molar-refractivity contribution in [2.75, 3.05) is 101 Å². The highest BCUT2D eigenvalue weighted by Crippen LogP contribution is 2.17. The van der Waals surface area contributed by atoms with Crippen LogP contribution in [0.5, 0.6) is 0 Å². The monoisotopic (exact) mass is 1680 g/mol. The van der Waals surface area contributed by atoms with E-state index in [4.69, 9.17) is 0 Å². The van der Waals surface area contributed by atoms with Crippen LogP contribution < -0.4 is 26.6 Å². The van der Waals surface area contributed by atoms with Crippen LogP contribution in [-0.4, -0.2) is 184 Å². The first-order chi connectivity index (χ1) is 47.2. The van der Waals surface area contributed by atoms with E-state index in [1.54, 1.807) is 19.9 Å². The molecule has 0 atom stereocenters. The lowest BCUT2D eigenvalue weighted by atomic mass is 9.98. The van der Waals surface area contributed by atoms with Gasteiger partial charge in [0.25, 0.3) is 0 Å². The SMILES string of the molecule is C.CC(C)CC(=O)CS(=O)(=O)CC(C)C.CC(C)CCS(=O)(=O)CC(C)C.CC(C)CNC(C)C.CC(C)CNCC(C)C.CC(C)CNCS(=O)(=O)CC(C)C.CC(C)CS(=O)(=O)/C=C/C(C)(C)C.CC(C)CS(=O)(=O)CC(C)C.CC(C)CS(=O)(=O)CNC(=O)C(C)C.CC(C)CS(=O)(=O)CNC(C)C. The lowest BCUT2D eigenvalue weighted by Gasteiger charge is -2.11. The summed E-state index contributed by atoms with van der Waals surface area (Å²) in [5, 5.41) is 16.3. The first-order valence-corrected chi connectivity index (χ1v) is 51.6. The Balaban J connectivity index is -0.000000124. The molecule has 0 rings (SSSR count). The van der Waals surface area contributed by atoms with Crippen LogP contribution >= 0.6 is 0 Å². The van der Waals surface area contributed by atoms with Crippen molar-refractivity contribution in [3.8, 4) is 0 Å². The summed E-state index contributed by atoms with van der Waals surface area (Å²) in [5.41, 5.74) is -0.0654. The molecule has 5 N–H and O–H groups in total. The average Bonchev–Trinajstić information content (AvgIpc) is 1.81. The summed E-state index contributed by atoms with van der Waals surface area (Å²) in [7, 11) is -20.6. The van der Waals surface area contributed by atoms with Gasteiger partial charge in [0.2, 0.25) is 5.91 Å². The Morgan fingerprint density at radius 3 is 0.897 bits per heavy atom. The highest BCUT2D eigenvalue weighted by molar-refractivity contribution is 7.94. The van der Waals surface area contributed by atoms with Crippen molar-refractivity contribution < 1.29 is 68.5 Å². The zero-order chi connectivity index (χ0) is 86.4. The van der Waals surface area contributed by atoms with Gasteiger partial charge in [-0.2, -0.15) is 0 Å². The number of carbonyl (C=O) groups excluding carboxylic acids is 2. The number of carbonyl (C=O) groups is 2. The van der Waals surface area contributed by atoms with Gasteiger partial charge in [-0.25, -0.2) is 58.9 Å². The minimum Gasteiger partial charge on any atom is -0.342 e. The van der Waals surface area contributed by atoms with Crippen LogP contribution in [0.2, 0.25) is 0 Å². The predicted octanol–water partition coefficient (Wildman–Crippen LogP) is 15.3. The van der Waals surface area contributed by atoms with Crippen molar-refractivity contribution in [1.82, 2.24) is 26.6 Å². The third-order valence-corrected chi connectivity index (χ3v) is 25.4. The molecule has 0 radical (unpaired) electrons. The van der Waals surface area contributed by atoms with Gasteiger partial charge in [0.15, 0.2) is 68.9 Å². The number of nitrogens with one attached hydrogen (secondary N) is 5. The molecule has 0 saturated carbocycles. The van der Waals surface area contributed by atoms with Gasteiger partial charge in [0.05, 0.1) is 63.5 Å². The largest absolute Gasteiger partial charge is 0.342 e. The molecular formula is C79H177N5O16S7. The van der Waals surface area contributed by atoms with Gasteiger partial charge in [-0.05, 0) is 121 Å². The summed E-state index contributed by atoms with van der Waals surface area (Å²) in [6.07, 6.45) is 2.89. The molecule has 0 aromatic heterocycles. The molecule has 0 aliphatic rings. The second kappa shape index (κ2) is 66.6. The van der Waals surface area contributed by atoms with Crippen LogP contribution in [0.1, 0.15) is 276 Å². The summed E-state index contributed by atoms with van der Waals surface area (Å²) in [4.78, 5) is 22.4. The Bertz CT molecular complexity index is 2920. The predicted molar refractivity (Wildman–Crippen MR) is 468 cm³/mol. The molecule has 21 nitrogen and oxygen atoms in total. The molecule has 0 aromatic carbocycles. The van der Waals surface area contributed by atoms with Crippen molar-refractivity contribution in [2.45, 2.75) is 289 Å². The van der Waals surface area contributed by atoms with Gasteiger partial charge >= 0.3 is 0 Å². The van der Waals surface area contributed by atoms with Crippen molar-refractivity contribution in [1.29, 1.82) is 0 Å². The van der Waals surface area contributed by atoms with E-state index in [0.29, 0.717) is 47.3 Å². The fourth-order valence-electron chi connectivity index (χ4n) is 8.26. The van der Waals surface area contributed by atoms with Gasteiger partial charge in [0, 0.05) is 29.8 Å². The van der Waals surface area contributed by atoms with E-state index >= 15 is 0 Å². The number of rotatable bonds is 41. The lowest BCUT2D eigenvalue weighted by Crippen LogP contribution is -2.34. The highest BCUT2D eigenvalue weighted by atomic mass is 32.2. The Labute approximate surface area is 666 Å². The minimum absolute atomic E-state index is 0. The van der Waals surface area contributed by atoms with Crippen molar-refractivity contribution in [2.24, 2.45) is 94.2 Å². The average molecular weight is 1680 g/mol. The van der Waals surface area contributed by atoms with Gasteiger partial charge in [-0.15, -0.1) is 0 Å². The number of Topliss-reactive ketones (excluding diaryl/α,β-unsaturated/α-hetero) is 1. The van der Waals surface area contributed by atoms with E-state index in [-0.39, 0.29) is 142 Å². The first kappa shape index (κ1) is 126. The standard InChI is InChI=1S/C10H20O3S.C10H20O2S.C9H19NO3S.C9H21NO2S.C9H20O2S.C8H19NO2S.C8H19N.C8H18O2S.C7H17N.CH4/c1-8(2)5-10(11)7-14(12,13)6-9(3)4;1-9(2)8-13(11,12)7-6-10(3,4)5;1-7(2)5-14(12,13)6-10-9(11)8(3)4;1-8(2)5-10-7-13(11,12)6-9(3)4;1-8(2)5-6-12(10,11)7-9(3)4;1-7(2)5-12(10,11)6-9-8(3)4;1-7(2)5-9-6-8(3)4;1-7(2)5-11(9,10)6-8(3)4;1-6(2)5-8-7(3)4;/h8-9H,5-7H2,1-4H3;6-7,9H,8H2,1-5H3;7-8H,5-6H2,1-4H3,(H,10,11);8-10H,5-7H2,1-4H3;8-9H,5-7H2,1-4H3;7-9H,5-6H2,1-4H3;7-9H,5-6H2,1-4H3;7-8H,5-6H2,1-4H3;6-8H,5H2,1-4H3;1H4/b;7-6+;;;;;;;;. The topological polar surface area (TPSA) is 333 Å². The van der Waals surface area contributed by atoms with Gasteiger partial charge in [-0.1, -0.05) is 270 Å². The normalized spacial score (nSPS) is 12.5. The quantitative estimate of drug-likeness (QED) is 0.0380. The number of ketones is 1. The van der Waals surface area contributed by atoms with E-state index in [2.05, 4.69) is 95.8 Å². The molecule has 0 aliphatic carbocycles. The van der Waals surface area contributed by atoms with Gasteiger partial charge in [-0.3, -0.25) is 9.59 Å². The molecule has 0 unspecified atom stereocenters. The fourth-order valence-corrected chi connectivity index (χ4v) is 20.6. The van der Waals surface area contributed by atoms with Crippen LogP contribution in [0.4, 0.5) is 0 Å². The van der Waals surface area contributed by atoms with E-state index in [1.165, 1.54) is 5.41 Å². The summed E-state index contributed by atoms with van der Waals surface area (Å²) in [5.74, 6) is 6.54. The number of hydrogen-bond acceptors (Lipinski definition) is 20. The van der Waals surface area contributed by atoms with Crippen LogP contribution in [0.15, 0.2) is 11.5 Å². The molecule has 656 valence electrons. The highest BCUT2D eigenvalue weighted by Gasteiger charge is 2.21. The molecule has 0 spiro atoms. The van der Waals surface area contributed by atoms with Crippen LogP contribution in [0, 0.1) is 94.2 Å². The van der Waals surface area contributed by atoms with Gasteiger partial charge < -0.3 is 26.6 Å². The Morgan fingerprint density at radius 2 is 0.617 bits per heavy atom. The maximum absolute atomic E-state index is 11.4. The molecule has 0 fully saturated rings. The van der Waals surface area contributed by atoms with E-state index in [9.17, 15) is 68.5 Å². The second-order valence-electron chi connectivity index (χ2n) is 36.2. The van der Waals surface area contributed by atoms with E-state index in [1.807, 2.05) is 173 Å². The molecule has 0 heterocycles. The number of amides is 1. The summed E-state index contributed by atoms with van der Waals surface area (Å²) in [6.45, 7) is 77.6. The zero-order valence-corrected chi connectivity index (χ0v) is 80.5. The van der Waals surface area contributed by atoms with E-state index < -0.39 is 68.9 Å². The fraction of sp³-hybridized carbons (Fsp3) is 0.949. The zero-order valence-electron chi connectivity index (χ0n) is 74.8. The maximum Gasteiger partial charge on any atom is 0.223 e. The van der Waals surface area contributed by atoms with Crippen molar-refractivity contribution >= 4 is 80.6 Å². The summed E-state index contributed by atoms with van der Waals surface area (Å²) < 4.78 is 159. The Hall–Kier alpha value is -1.63. The first-order valence-electron chi connectivity index (χ1n) is 39.0. The van der Waals surface area contributed by atoms with Crippen molar-refractivity contribution in [3.05, 3.63) is 11.5 Å². The number of allylic oxidation sites excluding steroid dienone is 1. The molecule has 0 saturated heterocycles. The number of hydrogen-bond donors (Lipinski definition) is 5. The molecule has 28 heteroatoms. The summed E-state index contributed by atoms with van der Waals surface area (Å²) >= 11 is 0. The summed E-state index contributed by atoms with van der Waals surface area (Å²) in [6, 6.07) is 0.865. The van der Waals surface area contributed by atoms with Crippen molar-refractivity contribution in [3.63, 3.8) is 0 Å². The van der Waals surface area contributed by atoms with Gasteiger partial charge in [0.1, 0.15) is 17.4 Å². The number of sulfone groups is 7. The minimum atomic E-state index is -3.18.